The minimum atomic E-state index is -1.41. The number of carboxylic acids is 1. The van der Waals surface area contributed by atoms with Gasteiger partial charge in [0.15, 0.2) is 0 Å². The number of carbonyl (C=O) groups excluding carboxylic acids is 1. The van der Waals surface area contributed by atoms with Crippen molar-refractivity contribution in [2.75, 3.05) is 13.2 Å². The molecule has 3 aromatic rings. The molecule has 1 atom stereocenters. The third-order valence-electron chi connectivity index (χ3n) is 5.44. The number of hydrogen-bond acceptors (Lipinski definition) is 4. The molecule has 1 amide bonds. The number of carboxylic acid groups (broad SMARTS) is 1. The van der Waals surface area contributed by atoms with E-state index >= 15 is 0 Å². The lowest BCUT2D eigenvalue weighted by Gasteiger charge is -2.30. The number of para-hydroxylation sites is 1. The first kappa shape index (κ1) is 22.2. The number of nitrogens with one attached hydrogen (secondary N) is 1. The zero-order valence-corrected chi connectivity index (χ0v) is 17.9. The molecule has 2 N–H and O–H groups in total. The highest BCUT2D eigenvalue weighted by atomic mass is 16.5. The largest absolute Gasteiger partial charge is 0.490 e. The van der Waals surface area contributed by atoms with Crippen molar-refractivity contribution in [2.45, 2.75) is 26.3 Å². The first-order valence-corrected chi connectivity index (χ1v) is 10.2. The molecular formula is C25H27NO5. The fourth-order valence-electron chi connectivity index (χ4n) is 3.15. The lowest BCUT2D eigenvalue weighted by atomic mass is 9.88. The Morgan fingerprint density at radius 1 is 0.935 bits per heavy atom. The van der Waals surface area contributed by atoms with Gasteiger partial charge in [-0.1, -0.05) is 62.4 Å². The van der Waals surface area contributed by atoms with Crippen molar-refractivity contribution in [1.29, 1.82) is 0 Å². The zero-order chi connectivity index (χ0) is 22.4. The van der Waals surface area contributed by atoms with Crippen LogP contribution in [0.4, 0.5) is 0 Å². The second kappa shape index (κ2) is 9.51. The van der Waals surface area contributed by atoms with Gasteiger partial charge in [-0.05, 0) is 36.4 Å². The Kier molecular flexibility index (Phi) is 6.80. The van der Waals surface area contributed by atoms with Crippen LogP contribution in [0.5, 0.6) is 11.5 Å². The highest BCUT2D eigenvalue weighted by molar-refractivity contribution is 6.05. The Balaban J connectivity index is 1.85. The molecule has 0 radical (unpaired) electrons. The molecule has 0 aliphatic rings. The third-order valence-corrected chi connectivity index (χ3v) is 5.44. The van der Waals surface area contributed by atoms with E-state index in [0.29, 0.717) is 12.4 Å². The molecule has 0 fully saturated rings. The van der Waals surface area contributed by atoms with Gasteiger partial charge >= 0.3 is 5.97 Å². The first-order chi connectivity index (χ1) is 14.8. The van der Waals surface area contributed by atoms with Gasteiger partial charge in [0, 0.05) is 5.39 Å². The number of benzene rings is 3. The summed E-state index contributed by atoms with van der Waals surface area (Å²) in [6.45, 7) is 5.55. The second-order valence-electron chi connectivity index (χ2n) is 7.79. The molecule has 1 unspecified atom stereocenters. The molecule has 162 valence electrons. The van der Waals surface area contributed by atoms with Crippen LogP contribution in [0, 0.1) is 5.92 Å². The van der Waals surface area contributed by atoms with Gasteiger partial charge in [0.1, 0.15) is 30.3 Å². The standard InChI is InChI=1S/C25H27NO5/c1-17(2)25(3,24(28)29)26-23(27)21-14-13-18-9-7-8-12-20(18)22(21)31-16-15-30-19-10-5-4-6-11-19/h4-14,17H,15-16H2,1-3H3,(H,26,27)(H,28,29). The summed E-state index contributed by atoms with van der Waals surface area (Å²) in [4.78, 5) is 24.9. The molecule has 3 rings (SSSR count). The van der Waals surface area contributed by atoms with E-state index in [1.54, 1.807) is 19.9 Å². The molecule has 0 heterocycles. The molecule has 0 aromatic heterocycles. The zero-order valence-electron chi connectivity index (χ0n) is 17.9. The monoisotopic (exact) mass is 421 g/mol. The molecule has 0 aliphatic heterocycles. The van der Waals surface area contributed by atoms with Crippen molar-refractivity contribution in [3.05, 3.63) is 72.3 Å². The molecule has 31 heavy (non-hydrogen) atoms. The molecule has 6 heteroatoms. The Morgan fingerprint density at radius 2 is 1.58 bits per heavy atom. The average Bonchev–Trinajstić information content (AvgIpc) is 2.76. The molecule has 6 nitrogen and oxygen atoms in total. The molecule has 0 saturated heterocycles. The molecule has 0 aliphatic carbocycles. The van der Waals surface area contributed by atoms with Gasteiger partial charge in [0.05, 0.1) is 5.56 Å². The average molecular weight is 421 g/mol. The van der Waals surface area contributed by atoms with Crippen molar-refractivity contribution in [3.8, 4) is 11.5 Å². The van der Waals surface area contributed by atoms with Crippen LogP contribution in [0.1, 0.15) is 31.1 Å². The molecule has 0 bridgehead atoms. The number of fused-ring (bicyclic) bond motifs is 1. The third kappa shape index (κ3) is 4.97. The van der Waals surface area contributed by atoms with Crippen molar-refractivity contribution in [3.63, 3.8) is 0 Å². The summed E-state index contributed by atoms with van der Waals surface area (Å²) in [5, 5.41) is 14.0. The van der Waals surface area contributed by atoms with Crippen molar-refractivity contribution < 1.29 is 24.2 Å². The molecule has 3 aromatic carbocycles. The topological polar surface area (TPSA) is 84.9 Å². The van der Waals surface area contributed by atoms with Crippen LogP contribution in [0.3, 0.4) is 0 Å². The number of aliphatic carboxylic acids is 1. The van der Waals surface area contributed by atoms with Crippen LogP contribution < -0.4 is 14.8 Å². The van der Waals surface area contributed by atoms with E-state index in [1.807, 2.05) is 60.7 Å². The number of carbonyl (C=O) groups is 2. The molecule has 0 saturated carbocycles. The predicted molar refractivity (Wildman–Crippen MR) is 120 cm³/mol. The Bertz CT molecular complexity index is 1060. The smallest absolute Gasteiger partial charge is 0.329 e. The van der Waals surface area contributed by atoms with Gasteiger partial charge in [-0.3, -0.25) is 4.79 Å². The summed E-state index contributed by atoms with van der Waals surface area (Å²) in [5.41, 5.74) is -1.12. The highest BCUT2D eigenvalue weighted by Crippen LogP contribution is 2.31. The van der Waals surface area contributed by atoms with Crippen molar-refractivity contribution in [1.82, 2.24) is 5.32 Å². The summed E-state index contributed by atoms with van der Waals surface area (Å²) in [5.74, 6) is -0.753. The summed E-state index contributed by atoms with van der Waals surface area (Å²) < 4.78 is 11.7. The van der Waals surface area contributed by atoms with E-state index in [1.165, 1.54) is 6.92 Å². The summed E-state index contributed by atoms with van der Waals surface area (Å²) >= 11 is 0. The number of rotatable bonds is 9. The minimum Gasteiger partial charge on any atom is -0.490 e. The molecule has 0 spiro atoms. The highest BCUT2D eigenvalue weighted by Gasteiger charge is 2.39. The van der Waals surface area contributed by atoms with E-state index in [-0.39, 0.29) is 18.1 Å². The van der Waals surface area contributed by atoms with Crippen LogP contribution in [-0.2, 0) is 4.79 Å². The molecular weight excluding hydrogens is 394 g/mol. The van der Waals surface area contributed by atoms with E-state index in [2.05, 4.69) is 5.32 Å². The van der Waals surface area contributed by atoms with E-state index < -0.39 is 17.4 Å². The van der Waals surface area contributed by atoms with Crippen LogP contribution in [-0.4, -0.2) is 35.7 Å². The quantitative estimate of drug-likeness (QED) is 0.496. The lowest BCUT2D eigenvalue weighted by Crippen LogP contribution is -2.55. The maximum Gasteiger partial charge on any atom is 0.329 e. The number of hydrogen-bond donors (Lipinski definition) is 2. The maximum absolute atomic E-state index is 13.1. The van der Waals surface area contributed by atoms with Crippen LogP contribution in [0.25, 0.3) is 10.8 Å². The van der Waals surface area contributed by atoms with Crippen molar-refractivity contribution >= 4 is 22.6 Å². The van der Waals surface area contributed by atoms with Gasteiger partial charge in [-0.15, -0.1) is 0 Å². The van der Waals surface area contributed by atoms with Crippen LogP contribution >= 0.6 is 0 Å². The van der Waals surface area contributed by atoms with E-state index in [9.17, 15) is 14.7 Å². The fourth-order valence-corrected chi connectivity index (χ4v) is 3.15. The summed E-state index contributed by atoms with van der Waals surface area (Å²) in [6, 6.07) is 20.5. The normalized spacial score (nSPS) is 12.9. The first-order valence-electron chi connectivity index (χ1n) is 10.2. The van der Waals surface area contributed by atoms with Gasteiger partial charge in [0.2, 0.25) is 0 Å². The van der Waals surface area contributed by atoms with Gasteiger partial charge < -0.3 is 19.9 Å². The van der Waals surface area contributed by atoms with Gasteiger partial charge in [-0.2, -0.15) is 0 Å². The van der Waals surface area contributed by atoms with Crippen molar-refractivity contribution in [2.24, 2.45) is 5.92 Å². The van der Waals surface area contributed by atoms with E-state index in [4.69, 9.17) is 9.47 Å². The lowest BCUT2D eigenvalue weighted by molar-refractivity contribution is -0.145. The second-order valence-corrected chi connectivity index (χ2v) is 7.79. The van der Waals surface area contributed by atoms with Crippen LogP contribution in [0.2, 0.25) is 0 Å². The Labute approximate surface area is 181 Å². The van der Waals surface area contributed by atoms with Gasteiger partial charge in [-0.25, -0.2) is 4.79 Å². The Morgan fingerprint density at radius 3 is 2.26 bits per heavy atom. The van der Waals surface area contributed by atoms with E-state index in [0.717, 1.165) is 16.5 Å². The van der Waals surface area contributed by atoms with Gasteiger partial charge in [0.25, 0.3) is 5.91 Å². The number of ether oxygens (including phenoxy) is 2. The predicted octanol–water partition coefficient (Wildman–Crippen LogP) is 4.53. The summed E-state index contributed by atoms with van der Waals surface area (Å²) in [6.07, 6.45) is 0. The maximum atomic E-state index is 13.1. The minimum absolute atomic E-state index is 0.226. The fraction of sp³-hybridized carbons (Fsp3) is 0.280. The van der Waals surface area contributed by atoms with Crippen LogP contribution in [0.15, 0.2) is 66.7 Å². The summed E-state index contributed by atoms with van der Waals surface area (Å²) in [7, 11) is 0. The Hall–Kier alpha value is -3.54. The SMILES string of the molecule is CC(C)C(C)(NC(=O)c1ccc2ccccc2c1OCCOc1ccccc1)C(=O)O. The number of amides is 1.